The van der Waals surface area contributed by atoms with Crippen LogP contribution in [0.5, 0.6) is 0 Å². The molecule has 0 aromatic carbocycles. The molecule has 2 saturated heterocycles. The highest BCUT2D eigenvalue weighted by Gasteiger charge is 2.46. The zero-order chi connectivity index (χ0) is 15.3. The summed E-state index contributed by atoms with van der Waals surface area (Å²) in [7, 11) is -4.64. The quantitative estimate of drug-likeness (QED) is 0.778. The number of halogens is 1. The van der Waals surface area contributed by atoms with Crippen molar-refractivity contribution in [2.24, 2.45) is 0 Å². The fourth-order valence-electron chi connectivity index (χ4n) is 3.73. The Kier molecular flexibility index (Phi) is 3.66. The Balaban J connectivity index is 2.18. The molecule has 116 valence electrons. The third-order valence-electron chi connectivity index (χ3n) is 4.13. The van der Waals surface area contributed by atoms with Crippen molar-refractivity contribution in [3.63, 3.8) is 0 Å². The van der Waals surface area contributed by atoms with Crippen LogP contribution >= 0.6 is 0 Å². The number of likely N-dealkylation sites (tertiary alicyclic amines) is 1. The highest BCUT2D eigenvalue weighted by Crippen LogP contribution is 2.34. The molecule has 1 N–H and O–H groups in total. The van der Waals surface area contributed by atoms with Crippen LogP contribution in [0.3, 0.4) is 0 Å². The fraction of sp³-hybridized carbons (Fsp3) is 0.923. The zero-order valence-corrected chi connectivity index (χ0v) is 13.3. The summed E-state index contributed by atoms with van der Waals surface area (Å²) in [6.07, 6.45) is 1.24. The summed E-state index contributed by atoms with van der Waals surface area (Å²) < 4.78 is 35.1. The summed E-state index contributed by atoms with van der Waals surface area (Å²) in [5.41, 5.74) is -0.279. The van der Waals surface area contributed by atoms with Crippen molar-refractivity contribution in [1.29, 1.82) is 0 Å². The first kappa shape index (κ1) is 15.7. The second kappa shape index (κ2) is 4.66. The van der Waals surface area contributed by atoms with Gasteiger partial charge in [-0.1, -0.05) is 0 Å². The molecule has 1 atom stereocenters. The maximum Gasteiger partial charge on any atom is 0.307 e. The average Bonchev–Trinajstić information content (AvgIpc) is 2.54. The molecular formula is C13H23FN2O3S. The van der Waals surface area contributed by atoms with Gasteiger partial charge in [-0.15, -0.1) is 3.89 Å². The summed E-state index contributed by atoms with van der Waals surface area (Å²) in [5.74, 6) is -0.255. The first-order valence-electron chi connectivity index (χ1n) is 6.92. The van der Waals surface area contributed by atoms with Gasteiger partial charge >= 0.3 is 10.2 Å². The van der Waals surface area contributed by atoms with Crippen molar-refractivity contribution >= 4 is 16.1 Å². The lowest BCUT2D eigenvalue weighted by Crippen LogP contribution is -2.62. The second-order valence-corrected chi connectivity index (χ2v) is 8.92. The van der Waals surface area contributed by atoms with Crippen LogP contribution in [0.1, 0.15) is 47.0 Å². The summed E-state index contributed by atoms with van der Waals surface area (Å²) in [6, 6.07) is -0.0412. The van der Waals surface area contributed by atoms with Gasteiger partial charge in [0, 0.05) is 30.1 Å². The van der Waals surface area contributed by atoms with Crippen LogP contribution in [0.25, 0.3) is 0 Å². The molecule has 0 aromatic heterocycles. The Bertz CT molecular complexity index is 500. The Morgan fingerprint density at radius 1 is 1.20 bits per heavy atom. The minimum absolute atomic E-state index is 0.0194. The number of nitrogens with one attached hydrogen (secondary N) is 1. The lowest BCUT2D eigenvalue weighted by Gasteiger charge is -2.49. The number of nitrogens with zero attached hydrogens (tertiary/aromatic N) is 1. The minimum atomic E-state index is -4.64. The summed E-state index contributed by atoms with van der Waals surface area (Å²) in [5, 5.41) is 2.31. The number of hydrogen-bond acceptors (Lipinski definition) is 4. The zero-order valence-electron chi connectivity index (χ0n) is 12.4. The lowest BCUT2D eigenvalue weighted by atomic mass is 9.79. The van der Waals surface area contributed by atoms with Crippen molar-refractivity contribution in [3.05, 3.63) is 0 Å². The molecule has 2 fully saturated rings. The van der Waals surface area contributed by atoms with Crippen molar-refractivity contribution in [2.45, 2.75) is 69.3 Å². The molecule has 2 heterocycles. The molecular weight excluding hydrogens is 283 g/mol. The van der Waals surface area contributed by atoms with Gasteiger partial charge in [0.2, 0.25) is 5.91 Å². The van der Waals surface area contributed by atoms with Crippen LogP contribution in [0, 0.1) is 0 Å². The van der Waals surface area contributed by atoms with Crippen molar-refractivity contribution in [1.82, 2.24) is 10.2 Å². The van der Waals surface area contributed by atoms with Crippen LogP contribution in [-0.2, 0) is 15.0 Å². The Morgan fingerprint density at radius 3 is 2.10 bits per heavy atom. The smallest absolute Gasteiger partial charge is 0.307 e. The molecule has 0 spiro atoms. The minimum Gasteiger partial charge on any atom is -0.338 e. The van der Waals surface area contributed by atoms with E-state index in [-0.39, 0.29) is 36.0 Å². The van der Waals surface area contributed by atoms with Crippen LogP contribution in [0.15, 0.2) is 0 Å². The number of piperidine rings is 1. The van der Waals surface area contributed by atoms with E-state index in [9.17, 15) is 17.1 Å². The Labute approximate surface area is 120 Å². The van der Waals surface area contributed by atoms with Gasteiger partial charge in [-0.2, -0.15) is 8.42 Å². The molecule has 7 heteroatoms. The van der Waals surface area contributed by atoms with Crippen molar-refractivity contribution < 1.29 is 17.1 Å². The predicted octanol–water partition coefficient (Wildman–Crippen LogP) is 1.20. The maximum atomic E-state index is 13.1. The van der Waals surface area contributed by atoms with Gasteiger partial charge in [-0.3, -0.25) is 4.79 Å². The molecule has 0 radical (unpaired) electrons. The van der Waals surface area contributed by atoms with E-state index in [1.807, 2.05) is 0 Å². The van der Waals surface area contributed by atoms with Crippen LogP contribution < -0.4 is 5.32 Å². The van der Waals surface area contributed by atoms with Gasteiger partial charge < -0.3 is 10.2 Å². The molecule has 20 heavy (non-hydrogen) atoms. The first-order valence-corrected chi connectivity index (χ1v) is 8.37. The number of carbonyl (C=O) groups excluding carboxylic acids is 1. The van der Waals surface area contributed by atoms with E-state index in [1.165, 1.54) is 0 Å². The number of hydrogen-bond donors (Lipinski definition) is 1. The Hall–Kier alpha value is -0.690. The third-order valence-corrected chi connectivity index (χ3v) is 5.24. The second-order valence-electron chi connectivity index (χ2n) is 7.30. The van der Waals surface area contributed by atoms with E-state index in [2.05, 4.69) is 33.0 Å². The van der Waals surface area contributed by atoms with E-state index in [1.54, 1.807) is 4.90 Å². The molecule has 0 aromatic rings. The highest BCUT2D eigenvalue weighted by atomic mass is 32.3. The van der Waals surface area contributed by atoms with Gasteiger partial charge in [0.05, 0.1) is 0 Å². The van der Waals surface area contributed by atoms with E-state index in [0.29, 0.717) is 0 Å². The molecule has 0 saturated carbocycles. The monoisotopic (exact) mass is 306 g/mol. The molecule has 1 amide bonds. The van der Waals surface area contributed by atoms with Crippen LogP contribution in [0.4, 0.5) is 3.89 Å². The van der Waals surface area contributed by atoms with E-state index < -0.39 is 15.5 Å². The Morgan fingerprint density at radius 2 is 1.70 bits per heavy atom. The summed E-state index contributed by atoms with van der Waals surface area (Å²) in [4.78, 5) is 13.6. The van der Waals surface area contributed by atoms with Crippen LogP contribution in [-0.4, -0.2) is 48.1 Å². The van der Waals surface area contributed by atoms with Crippen molar-refractivity contribution in [2.75, 3.05) is 6.54 Å². The average molecular weight is 306 g/mol. The number of amides is 1. The first-order chi connectivity index (χ1) is 8.90. The SMILES string of the molecule is CC1(C)CC(N2CC(S(=O)(=O)F)CC2=O)CC(C)(C)N1. The van der Waals surface area contributed by atoms with E-state index >= 15 is 0 Å². The van der Waals surface area contributed by atoms with Gasteiger partial charge in [0.1, 0.15) is 5.25 Å². The molecule has 2 aliphatic heterocycles. The fourth-order valence-corrected chi connectivity index (χ4v) is 4.41. The number of rotatable bonds is 2. The topological polar surface area (TPSA) is 66.5 Å². The molecule has 1 unspecified atom stereocenters. The maximum absolute atomic E-state index is 13.1. The lowest BCUT2D eigenvalue weighted by molar-refractivity contribution is -0.131. The molecule has 2 aliphatic rings. The normalized spacial score (nSPS) is 30.8. The number of carbonyl (C=O) groups is 1. The van der Waals surface area contributed by atoms with Crippen LogP contribution in [0.2, 0.25) is 0 Å². The molecule has 5 nitrogen and oxygen atoms in total. The summed E-state index contributed by atoms with van der Waals surface area (Å²) in [6.45, 7) is 8.22. The molecule has 0 aliphatic carbocycles. The largest absolute Gasteiger partial charge is 0.338 e. The standard InChI is InChI=1S/C13H23FN2O3S/c1-12(2)6-9(7-13(3,4)15-12)16-8-10(5-11(16)17)20(14,18)19/h9-10,15H,5-8H2,1-4H3. The third kappa shape index (κ3) is 3.31. The van der Waals surface area contributed by atoms with E-state index in [4.69, 9.17) is 0 Å². The van der Waals surface area contributed by atoms with Gasteiger partial charge in [0.15, 0.2) is 0 Å². The van der Waals surface area contributed by atoms with Gasteiger partial charge in [-0.05, 0) is 40.5 Å². The van der Waals surface area contributed by atoms with Crippen molar-refractivity contribution in [3.8, 4) is 0 Å². The summed E-state index contributed by atoms with van der Waals surface area (Å²) >= 11 is 0. The highest BCUT2D eigenvalue weighted by molar-refractivity contribution is 7.87. The van der Waals surface area contributed by atoms with Gasteiger partial charge in [0.25, 0.3) is 0 Å². The van der Waals surface area contributed by atoms with E-state index in [0.717, 1.165) is 12.8 Å². The van der Waals surface area contributed by atoms with Gasteiger partial charge in [-0.25, -0.2) is 0 Å². The molecule has 0 bridgehead atoms. The molecule has 2 rings (SSSR count). The predicted molar refractivity (Wildman–Crippen MR) is 74.5 cm³/mol.